The number of aliphatic hydroxyl groups excluding tert-OH is 1. The number of carboxylic acids is 1. The first-order valence-corrected chi connectivity index (χ1v) is 12.4. The zero-order valence-corrected chi connectivity index (χ0v) is 19.5. The second-order valence-electron chi connectivity index (χ2n) is 8.06. The molecule has 2 atom stereocenters. The molecule has 7 nitrogen and oxygen atoms in total. The Hall–Kier alpha value is -3.37. The zero-order valence-electron chi connectivity index (χ0n) is 18.6. The van der Waals surface area contributed by atoms with E-state index in [2.05, 4.69) is 21.5 Å². The fraction of sp³-hybridized carbons (Fsp3) is 0.240. The molecule has 3 aromatic rings. The highest BCUT2D eigenvalue weighted by Crippen LogP contribution is 2.41. The highest BCUT2D eigenvalue weighted by molar-refractivity contribution is 7.63. The van der Waals surface area contributed by atoms with E-state index in [0.29, 0.717) is 28.3 Å². The van der Waals surface area contributed by atoms with Crippen molar-refractivity contribution in [1.82, 2.24) is 9.97 Å². The second kappa shape index (κ2) is 10.7. The van der Waals surface area contributed by atoms with Crippen LogP contribution in [0.2, 0.25) is 0 Å². The predicted octanol–water partition coefficient (Wildman–Crippen LogP) is 4.49. The van der Waals surface area contributed by atoms with Crippen LogP contribution < -0.4 is 0 Å². The highest BCUT2D eigenvalue weighted by atomic mass is 31.2. The summed E-state index contributed by atoms with van der Waals surface area (Å²) in [5.41, 5.74) is 4.83. The number of aromatic nitrogens is 2. The molecule has 0 radical (unpaired) electrons. The standard InChI is InChI=1S/C25H24FN2O5P/c1-16(2)23-21(12-13-34(32,33)15-20(29)14-22(30)31)24(17-8-10-19(26)11-9-17)28-25(27-23)18-6-4-3-5-7-18/h3-11,16,20,29H,14-15H2,1-2H3,(H,30,31)(H,32,33)/t20-/m0/s1. The fourth-order valence-electron chi connectivity index (χ4n) is 3.29. The molecule has 3 rings (SSSR count). The average molecular weight is 482 g/mol. The molecule has 0 saturated heterocycles. The van der Waals surface area contributed by atoms with E-state index in [4.69, 9.17) is 5.11 Å². The third kappa shape index (κ3) is 6.58. The molecule has 0 spiro atoms. The monoisotopic (exact) mass is 482 g/mol. The summed E-state index contributed by atoms with van der Waals surface area (Å²) in [5.74, 6) is 1.30. The van der Waals surface area contributed by atoms with Crippen LogP contribution in [0.4, 0.5) is 4.39 Å². The predicted molar refractivity (Wildman–Crippen MR) is 127 cm³/mol. The Balaban J connectivity index is 2.17. The Morgan fingerprint density at radius 3 is 2.29 bits per heavy atom. The summed E-state index contributed by atoms with van der Waals surface area (Å²) in [7, 11) is -4.20. The maximum Gasteiger partial charge on any atom is 0.305 e. The molecule has 1 heterocycles. The van der Waals surface area contributed by atoms with Crippen LogP contribution in [0.25, 0.3) is 22.6 Å². The summed E-state index contributed by atoms with van der Waals surface area (Å²) < 4.78 is 26.2. The molecular formula is C25H24FN2O5P. The molecule has 0 aliphatic heterocycles. The van der Waals surface area contributed by atoms with Gasteiger partial charge < -0.3 is 15.1 Å². The molecule has 0 amide bonds. The van der Waals surface area contributed by atoms with Crippen LogP contribution in [-0.2, 0) is 9.36 Å². The van der Waals surface area contributed by atoms with Gasteiger partial charge in [0.1, 0.15) is 5.82 Å². The number of aliphatic carboxylic acids is 1. The van der Waals surface area contributed by atoms with E-state index in [9.17, 15) is 23.7 Å². The van der Waals surface area contributed by atoms with Gasteiger partial charge in [-0.25, -0.2) is 14.4 Å². The summed E-state index contributed by atoms with van der Waals surface area (Å²) in [6.07, 6.45) is -2.86. The molecule has 34 heavy (non-hydrogen) atoms. The largest absolute Gasteiger partial charge is 0.481 e. The first kappa shape index (κ1) is 25.3. The molecule has 1 unspecified atom stereocenters. The van der Waals surface area contributed by atoms with Crippen molar-refractivity contribution in [2.45, 2.75) is 32.3 Å². The van der Waals surface area contributed by atoms with Gasteiger partial charge in [-0.2, -0.15) is 0 Å². The second-order valence-corrected chi connectivity index (χ2v) is 10.0. The SMILES string of the molecule is CC(C)c1nc(-c2ccccc2)nc(-c2ccc(F)cc2)c1C#CP(=O)(O)C[C@@H](O)CC(=O)O. The number of halogens is 1. The molecule has 9 heteroatoms. The van der Waals surface area contributed by atoms with E-state index < -0.39 is 37.8 Å². The molecular weight excluding hydrogens is 458 g/mol. The maximum atomic E-state index is 13.6. The van der Waals surface area contributed by atoms with Crippen molar-refractivity contribution in [3.63, 3.8) is 0 Å². The normalized spacial score (nSPS) is 13.6. The zero-order chi connectivity index (χ0) is 24.9. The van der Waals surface area contributed by atoms with Gasteiger partial charge in [0, 0.05) is 11.1 Å². The van der Waals surface area contributed by atoms with Gasteiger partial charge in [-0.3, -0.25) is 9.36 Å². The van der Waals surface area contributed by atoms with Gasteiger partial charge in [-0.15, -0.1) is 0 Å². The molecule has 0 aliphatic carbocycles. The fourth-order valence-corrected chi connectivity index (χ4v) is 4.37. The van der Waals surface area contributed by atoms with Crippen molar-refractivity contribution in [1.29, 1.82) is 0 Å². The lowest BCUT2D eigenvalue weighted by Crippen LogP contribution is -2.17. The van der Waals surface area contributed by atoms with Crippen LogP contribution in [-0.4, -0.2) is 43.3 Å². The lowest BCUT2D eigenvalue weighted by Gasteiger charge is -2.15. The van der Waals surface area contributed by atoms with Crippen molar-refractivity contribution in [2.24, 2.45) is 0 Å². The molecule has 1 aromatic heterocycles. The Morgan fingerprint density at radius 1 is 1.06 bits per heavy atom. The summed E-state index contributed by atoms with van der Waals surface area (Å²) in [5, 5.41) is 18.6. The van der Waals surface area contributed by atoms with Gasteiger partial charge in [-0.05, 0) is 35.8 Å². The lowest BCUT2D eigenvalue weighted by atomic mass is 9.98. The Kier molecular flexibility index (Phi) is 7.95. The number of nitrogens with zero attached hydrogens (tertiary/aromatic N) is 2. The van der Waals surface area contributed by atoms with Crippen LogP contribution in [0, 0.1) is 17.4 Å². The minimum atomic E-state index is -4.20. The summed E-state index contributed by atoms with van der Waals surface area (Å²) >= 11 is 0. The topological polar surface area (TPSA) is 121 Å². The third-order valence-electron chi connectivity index (χ3n) is 4.86. The van der Waals surface area contributed by atoms with Crippen molar-refractivity contribution < 1.29 is 28.9 Å². The smallest absolute Gasteiger partial charge is 0.305 e. The molecule has 0 bridgehead atoms. The van der Waals surface area contributed by atoms with Crippen LogP contribution >= 0.6 is 7.37 Å². The van der Waals surface area contributed by atoms with Crippen molar-refractivity contribution >= 4 is 13.3 Å². The Morgan fingerprint density at radius 2 is 1.71 bits per heavy atom. The number of rotatable bonds is 7. The number of carbonyl (C=O) groups is 1. The van der Waals surface area contributed by atoms with E-state index in [-0.39, 0.29) is 5.92 Å². The van der Waals surface area contributed by atoms with Gasteiger partial charge >= 0.3 is 5.97 Å². The van der Waals surface area contributed by atoms with Gasteiger partial charge in [-0.1, -0.05) is 50.1 Å². The van der Waals surface area contributed by atoms with Crippen molar-refractivity contribution in [3.8, 4) is 34.2 Å². The Labute approximate surface area is 196 Å². The van der Waals surface area contributed by atoms with Gasteiger partial charge in [0.2, 0.25) is 0 Å². The number of benzene rings is 2. The van der Waals surface area contributed by atoms with Gasteiger partial charge in [0.15, 0.2) is 5.82 Å². The maximum absolute atomic E-state index is 13.6. The quantitative estimate of drug-likeness (QED) is 0.335. The van der Waals surface area contributed by atoms with Crippen LogP contribution in [0.5, 0.6) is 0 Å². The Bertz CT molecular complexity index is 1280. The summed E-state index contributed by atoms with van der Waals surface area (Å²) in [6, 6.07) is 14.9. The van der Waals surface area contributed by atoms with Crippen molar-refractivity contribution in [2.75, 3.05) is 6.16 Å². The minimum Gasteiger partial charge on any atom is -0.481 e. The van der Waals surface area contributed by atoms with E-state index in [0.717, 1.165) is 5.56 Å². The lowest BCUT2D eigenvalue weighted by molar-refractivity contribution is -0.138. The molecule has 176 valence electrons. The minimum absolute atomic E-state index is 0.135. The van der Waals surface area contributed by atoms with Crippen LogP contribution in [0.1, 0.15) is 37.4 Å². The molecule has 0 aliphatic rings. The van der Waals surface area contributed by atoms with E-state index in [1.54, 1.807) is 0 Å². The molecule has 0 fully saturated rings. The first-order valence-electron chi connectivity index (χ1n) is 10.5. The molecule has 3 N–H and O–H groups in total. The summed E-state index contributed by atoms with van der Waals surface area (Å²) in [4.78, 5) is 30.3. The van der Waals surface area contributed by atoms with Crippen LogP contribution in [0.3, 0.4) is 0 Å². The number of carboxylic acid groups (broad SMARTS) is 1. The average Bonchev–Trinajstić information content (AvgIpc) is 2.77. The van der Waals surface area contributed by atoms with Gasteiger partial charge in [0.25, 0.3) is 7.37 Å². The van der Waals surface area contributed by atoms with Crippen molar-refractivity contribution in [3.05, 3.63) is 71.7 Å². The summed E-state index contributed by atoms with van der Waals surface area (Å²) in [6.45, 7) is 3.79. The molecule has 2 aromatic carbocycles. The van der Waals surface area contributed by atoms with Gasteiger partial charge in [0.05, 0.1) is 35.6 Å². The number of aliphatic hydroxyl groups is 1. The van der Waals surface area contributed by atoms with Crippen LogP contribution in [0.15, 0.2) is 54.6 Å². The number of hydrogen-bond donors (Lipinski definition) is 3. The number of hydrogen-bond acceptors (Lipinski definition) is 5. The van der Waals surface area contributed by atoms with E-state index >= 15 is 0 Å². The van der Waals surface area contributed by atoms with E-state index in [1.165, 1.54) is 24.3 Å². The third-order valence-corrected chi connectivity index (χ3v) is 6.24. The highest BCUT2D eigenvalue weighted by Gasteiger charge is 2.24. The first-order chi connectivity index (χ1) is 16.1. The molecule has 0 saturated carbocycles. The van der Waals surface area contributed by atoms with E-state index in [1.807, 2.05) is 44.2 Å².